The van der Waals surface area contributed by atoms with Crippen molar-refractivity contribution in [2.45, 2.75) is 64.0 Å². The summed E-state index contributed by atoms with van der Waals surface area (Å²) < 4.78 is 6.59. The van der Waals surface area contributed by atoms with Gasteiger partial charge in [0.05, 0.1) is 0 Å². The van der Waals surface area contributed by atoms with Gasteiger partial charge < -0.3 is 4.74 Å². The van der Waals surface area contributed by atoms with Gasteiger partial charge in [-0.15, -0.1) is 0 Å². The van der Waals surface area contributed by atoms with Crippen molar-refractivity contribution in [3.05, 3.63) is 66.0 Å². The lowest BCUT2D eigenvalue weighted by atomic mass is 9.81. The van der Waals surface area contributed by atoms with Crippen LogP contribution >= 0.6 is 0 Å². The summed E-state index contributed by atoms with van der Waals surface area (Å²) in [6, 6.07) is 16.5. The van der Waals surface area contributed by atoms with E-state index in [9.17, 15) is 0 Å². The normalized spacial score (nSPS) is 18.6. The van der Waals surface area contributed by atoms with Crippen molar-refractivity contribution < 1.29 is 4.74 Å². The molecule has 1 aliphatic heterocycles. The van der Waals surface area contributed by atoms with Crippen LogP contribution in [-0.2, 0) is 4.74 Å². The van der Waals surface area contributed by atoms with Gasteiger partial charge in [0, 0.05) is 6.20 Å². The van der Waals surface area contributed by atoms with Gasteiger partial charge in [-0.05, 0) is 43.4 Å². The van der Waals surface area contributed by atoms with Crippen LogP contribution in [0.25, 0.3) is 0 Å². The fourth-order valence-corrected chi connectivity index (χ4v) is 3.58. The molecular weight excluding hydrogens is 308 g/mol. The molecule has 0 amide bonds. The first-order valence-electron chi connectivity index (χ1n) is 9.52. The highest BCUT2D eigenvalue weighted by molar-refractivity contribution is 5.94. The molecule has 1 aromatic carbocycles. The van der Waals surface area contributed by atoms with E-state index in [1.54, 1.807) is 6.20 Å². The smallest absolute Gasteiger partial charge is 0.236 e. The monoisotopic (exact) mass is 336 g/mol. The Morgan fingerprint density at radius 2 is 1.60 bits per heavy atom. The average Bonchev–Trinajstić information content (AvgIpc) is 3.06. The number of aromatic nitrogens is 1. The van der Waals surface area contributed by atoms with E-state index in [1.165, 1.54) is 5.56 Å². The molecular formula is C22H28N2O. The van der Waals surface area contributed by atoms with E-state index in [1.807, 2.05) is 18.2 Å². The van der Waals surface area contributed by atoms with E-state index >= 15 is 0 Å². The number of nitrogens with zero attached hydrogens (tertiary/aromatic N) is 2. The SMILES string of the molecule is CCCCC1(CCCC)OC(c2ccccn2)=NC1c1ccccc1. The molecule has 0 N–H and O–H groups in total. The van der Waals surface area contributed by atoms with Gasteiger partial charge in [-0.1, -0.05) is 63.1 Å². The molecule has 132 valence electrons. The molecule has 0 bridgehead atoms. The number of ether oxygens (including phenoxy) is 1. The average molecular weight is 336 g/mol. The molecule has 1 unspecified atom stereocenters. The maximum Gasteiger partial charge on any atom is 0.236 e. The zero-order chi connectivity index (χ0) is 17.5. The maximum absolute atomic E-state index is 6.59. The zero-order valence-corrected chi connectivity index (χ0v) is 15.3. The number of rotatable bonds is 8. The highest BCUT2D eigenvalue weighted by atomic mass is 16.5. The minimum atomic E-state index is -0.250. The predicted octanol–water partition coefficient (Wildman–Crippen LogP) is 5.72. The standard InChI is InChI=1S/C22H28N2O/c1-3-5-15-22(16-6-4-2)20(18-12-8-7-9-13-18)24-21(25-22)19-14-10-11-17-23-19/h7-14,17,20H,3-6,15-16H2,1-2H3. The molecule has 3 rings (SSSR count). The van der Waals surface area contributed by atoms with E-state index in [-0.39, 0.29) is 11.6 Å². The highest BCUT2D eigenvalue weighted by Crippen LogP contribution is 2.45. The first-order valence-corrected chi connectivity index (χ1v) is 9.52. The molecule has 25 heavy (non-hydrogen) atoms. The summed E-state index contributed by atoms with van der Waals surface area (Å²) in [4.78, 5) is 9.48. The number of aliphatic imine (C=N–C) groups is 1. The van der Waals surface area contributed by atoms with E-state index in [0.29, 0.717) is 5.90 Å². The molecule has 3 heteroatoms. The van der Waals surface area contributed by atoms with Crippen molar-refractivity contribution in [1.29, 1.82) is 0 Å². The van der Waals surface area contributed by atoms with Crippen molar-refractivity contribution in [2.24, 2.45) is 4.99 Å². The number of hydrogen-bond acceptors (Lipinski definition) is 3. The lowest BCUT2D eigenvalue weighted by Gasteiger charge is -2.34. The third kappa shape index (κ3) is 3.92. The Bertz CT molecular complexity index is 674. The van der Waals surface area contributed by atoms with Crippen molar-refractivity contribution in [3.8, 4) is 0 Å². The molecule has 0 spiro atoms. The van der Waals surface area contributed by atoms with Crippen LogP contribution in [0, 0.1) is 0 Å². The molecule has 0 saturated heterocycles. The summed E-state index contributed by atoms with van der Waals surface area (Å²) in [5.74, 6) is 0.696. The van der Waals surface area contributed by atoms with Gasteiger partial charge in [0.1, 0.15) is 17.3 Å². The Morgan fingerprint density at radius 1 is 0.920 bits per heavy atom. The van der Waals surface area contributed by atoms with Crippen LogP contribution in [0.5, 0.6) is 0 Å². The fourth-order valence-electron chi connectivity index (χ4n) is 3.58. The number of hydrogen-bond donors (Lipinski definition) is 0. The molecule has 0 saturated carbocycles. The van der Waals surface area contributed by atoms with Crippen LogP contribution in [-0.4, -0.2) is 16.5 Å². The van der Waals surface area contributed by atoms with Crippen molar-refractivity contribution >= 4 is 5.90 Å². The molecule has 0 fully saturated rings. The van der Waals surface area contributed by atoms with Gasteiger partial charge in [0.2, 0.25) is 5.90 Å². The molecule has 3 nitrogen and oxygen atoms in total. The molecule has 1 atom stereocenters. The Morgan fingerprint density at radius 3 is 2.20 bits per heavy atom. The minimum Gasteiger partial charge on any atom is -0.467 e. The van der Waals surface area contributed by atoms with Gasteiger partial charge in [-0.25, -0.2) is 4.99 Å². The largest absolute Gasteiger partial charge is 0.467 e. The lowest BCUT2D eigenvalue weighted by molar-refractivity contribution is 0.0328. The molecule has 0 aliphatic carbocycles. The topological polar surface area (TPSA) is 34.5 Å². The fraction of sp³-hybridized carbons (Fsp3) is 0.455. The highest BCUT2D eigenvalue weighted by Gasteiger charge is 2.46. The summed E-state index contributed by atoms with van der Waals surface area (Å²) in [6.07, 6.45) is 8.49. The van der Waals surface area contributed by atoms with Gasteiger partial charge >= 0.3 is 0 Å². The van der Waals surface area contributed by atoms with E-state index in [4.69, 9.17) is 9.73 Å². The Hall–Kier alpha value is -2.16. The Kier molecular flexibility index (Phi) is 5.85. The van der Waals surface area contributed by atoms with Crippen LogP contribution in [0.1, 0.15) is 69.7 Å². The van der Waals surface area contributed by atoms with Crippen molar-refractivity contribution in [1.82, 2.24) is 4.98 Å². The summed E-state index contributed by atoms with van der Waals surface area (Å²) in [5.41, 5.74) is 1.82. The van der Waals surface area contributed by atoms with Crippen molar-refractivity contribution in [2.75, 3.05) is 0 Å². The molecule has 1 aromatic heterocycles. The molecule has 0 radical (unpaired) electrons. The van der Waals surface area contributed by atoms with E-state index in [2.05, 4.69) is 49.2 Å². The second-order valence-electron chi connectivity index (χ2n) is 6.84. The molecule has 2 heterocycles. The van der Waals surface area contributed by atoms with Crippen LogP contribution in [0.2, 0.25) is 0 Å². The second-order valence-corrected chi connectivity index (χ2v) is 6.84. The summed E-state index contributed by atoms with van der Waals surface area (Å²) in [7, 11) is 0. The first-order chi connectivity index (χ1) is 12.3. The quantitative estimate of drug-likeness (QED) is 0.618. The lowest BCUT2D eigenvalue weighted by Crippen LogP contribution is -2.36. The van der Waals surface area contributed by atoms with Gasteiger partial charge in [-0.3, -0.25) is 4.98 Å². The summed E-state index contributed by atoms with van der Waals surface area (Å²) in [5, 5.41) is 0. The summed E-state index contributed by atoms with van der Waals surface area (Å²) in [6.45, 7) is 4.47. The number of benzene rings is 1. The van der Waals surface area contributed by atoms with Crippen LogP contribution in [0.15, 0.2) is 59.7 Å². The Balaban J connectivity index is 1.99. The van der Waals surface area contributed by atoms with Crippen LogP contribution in [0.4, 0.5) is 0 Å². The third-order valence-electron chi connectivity index (χ3n) is 4.95. The predicted molar refractivity (Wildman–Crippen MR) is 103 cm³/mol. The third-order valence-corrected chi connectivity index (χ3v) is 4.95. The van der Waals surface area contributed by atoms with Gasteiger partial charge in [0.25, 0.3) is 0 Å². The van der Waals surface area contributed by atoms with E-state index in [0.717, 1.165) is 44.2 Å². The second kappa shape index (κ2) is 8.28. The minimum absolute atomic E-state index is 0.0452. The van der Waals surface area contributed by atoms with Crippen molar-refractivity contribution in [3.63, 3.8) is 0 Å². The molecule has 1 aliphatic rings. The number of unbranched alkanes of at least 4 members (excludes halogenated alkanes) is 2. The molecule has 2 aromatic rings. The zero-order valence-electron chi connectivity index (χ0n) is 15.3. The first kappa shape index (κ1) is 17.7. The van der Waals surface area contributed by atoms with Crippen LogP contribution in [0.3, 0.4) is 0 Å². The van der Waals surface area contributed by atoms with Gasteiger partial charge in [0.15, 0.2) is 0 Å². The Labute approximate surface area is 151 Å². The maximum atomic E-state index is 6.59. The number of pyridine rings is 1. The van der Waals surface area contributed by atoms with Gasteiger partial charge in [-0.2, -0.15) is 0 Å². The summed E-state index contributed by atoms with van der Waals surface area (Å²) >= 11 is 0. The van der Waals surface area contributed by atoms with E-state index < -0.39 is 0 Å². The van der Waals surface area contributed by atoms with Crippen LogP contribution < -0.4 is 0 Å².